The molecular formula is C25H24N2O5. The molecule has 0 unspecified atom stereocenters. The van der Waals surface area contributed by atoms with Crippen LogP contribution < -0.4 is 5.32 Å². The van der Waals surface area contributed by atoms with Gasteiger partial charge in [-0.3, -0.25) is 4.79 Å². The summed E-state index contributed by atoms with van der Waals surface area (Å²) >= 11 is 0. The highest BCUT2D eigenvalue weighted by Crippen LogP contribution is 2.30. The molecule has 1 aromatic heterocycles. The van der Waals surface area contributed by atoms with Crippen molar-refractivity contribution in [3.05, 3.63) is 70.9 Å². The van der Waals surface area contributed by atoms with Gasteiger partial charge < -0.3 is 14.8 Å². The number of carbonyl (C=O) groups excluding carboxylic acids is 3. The molecule has 7 nitrogen and oxygen atoms in total. The Morgan fingerprint density at radius 1 is 1.00 bits per heavy atom. The third-order valence-electron chi connectivity index (χ3n) is 5.38. The number of aryl methyl sites for hydroxylation is 1. The van der Waals surface area contributed by atoms with Crippen LogP contribution in [0.2, 0.25) is 0 Å². The van der Waals surface area contributed by atoms with Crippen molar-refractivity contribution in [1.29, 1.82) is 0 Å². The number of benzene rings is 2. The van der Waals surface area contributed by atoms with E-state index >= 15 is 0 Å². The largest absolute Gasteiger partial charge is 0.462 e. The fourth-order valence-corrected chi connectivity index (χ4v) is 3.52. The number of esters is 2. The smallest absolute Gasteiger partial charge is 0.340 e. The fourth-order valence-electron chi connectivity index (χ4n) is 3.52. The van der Waals surface area contributed by atoms with Crippen molar-refractivity contribution >= 4 is 34.4 Å². The van der Waals surface area contributed by atoms with E-state index in [4.69, 9.17) is 9.47 Å². The minimum atomic E-state index is -0.549. The molecule has 1 saturated carbocycles. The number of nitrogens with zero attached hydrogens (tertiary/aromatic N) is 1. The summed E-state index contributed by atoms with van der Waals surface area (Å²) in [6.07, 6.45) is 1.85. The zero-order chi connectivity index (χ0) is 22.7. The average molecular weight is 432 g/mol. The van der Waals surface area contributed by atoms with E-state index < -0.39 is 11.9 Å². The number of ether oxygens (including phenoxy) is 2. The van der Waals surface area contributed by atoms with Crippen molar-refractivity contribution in [3.63, 3.8) is 0 Å². The first-order chi connectivity index (χ1) is 15.5. The second-order valence-corrected chi connectivity index (χ2v) is 7.71. The molecular weight excluding hydrogens is 408 g/mol. The zero-order valence-electron chi connectivity index (χ0n) is 18.0. The van der Waals surface area contributed by atoms with Gasteiger partial charge in [0.2, 0.25) is 5.91 Å². The summed E-state index contributed by atoms with van der Waals surface area (Å²) in [6, 6.07) is 14.0. The van der Waals surface area contributed by atoms with Crippen LogP contribution in [0.5, 0.6) is 0 Å². The molecule has 1 fully saturated rings. The lowest BCUT2D eigenvalue weighted by molar-refractivity contribution is -0.117. The number of aromatic nitrogens is 1. The highest BCUT2D eigenvalue weighted by Gasteiger charge is 2.29. The molecule has 0 radical (unpaired) electrons. The van der Waals surface area contributed by atoms with Crippen LogP contribution in [0.4, 0.5) is 5.69 Å². The molecule has 1 N–H and O–H groups in total. The van der Waals surface area contributed by atoms with E-state index in [-0.39, 0.29) is 25.0 Å². The summed E-state index contributed by atoms with van der Waals surface area (Å²) in [4.78, 5) is 41.6. The van der Waals surface area contributed by atoms with Gasteiger partial charge in [-0.2, -0.15) is 0 Å². The topological polar surface area (TPSA) is 94.6 Å². The number of hydrogen-bond donors (Lipinski definition) is 1. The molecule has 1 amide bonds. The highest BCUT2D eigenvalue weighted by molar-refractivity contribution is 5.98. The summed E-state index contributed by atoms with van der Waals surface area (Å²) in [7, 11) is 0. The number of amides is 1. The lowest BCUT2D eigenvalue weighted by Crippen LogP contribution is -2.15. The number of nitrogens with one attached hydrogen (secondary N) is 1. The van der Waals surface area contributed by atoms with Crippen LogP contribution >= 0.6 is 0 Å². The van der Waals surface area contributed by atoms with Gasteiger partial charge in [0.1, 0.15) is 6.61 Å². The molecule has 2 aromatic carbocycles. The molecule has 3 aromatic rings. The zero-order valence-corrected chi connectivity index (χ0v) is 18.0. The van der Waals surface area contributed by atoms with Gasteiger partial charge >= 0.3 is 11.9 Å². The quantitative estimate of drug-likeness (QED) is 0.555. The van der Waals surface area contributed by atoms with Crippen molar-refractivity contribution in [3.8, 4) is 0 Å². The molecule has 0 saturated heterocycles. The maximum atomic E-state index is 12.6. The Morgan fingerprint density at radius 3 is 2.41 bits per heavy atom. The van der Waals surface area contributed by atoms with E-state index in [1.165, 1.54) is 0 Å². The lowest BCUT2D eigenvalue weighted by Gasteiger charge is -2.14. The Bertz CT molecular complexity index is 1180. The van der Waals surface area contributed by atoms with E-state index in [1.807, 2.05) is 31.2 Å². The second-order valence-electron chi connectivity index (χ2n) is 7.71. The van der Waals surface area contributed by atoms with E-state index in [0.717, 1.165) is 23.8 Å². The van der Waals surface area contributed by atoms with Crippen LogP contribution in [0.3, 0.4) is 0 Å². The van der Waals surface area contributed by atoms with Crippen LogP contribution in [0.25, 0.3) is 10.9 Å². The predicted molar refractivity (Wildman–Crippen MR) is 119 cm³/mol. The van der Waals surface area contributed by atoms with Crippen LogP contribution in [0.1, 0.15) is 51.7 Å². The maximum absolute atomic E-state index is 12.6. The molecule has 4 rings (SSSR count). The molecule has 1 aliphatic rings. The summed E-state index contributed by atoms with van der Waals surface area (Å²) in [5.74, 6) is -0.937. The first kappa shape index (κ1) is 21.5. The van der Waals surface area contributed by atoms with Gasteiger partial charge in [-0.1, -0.05) is 18.2 Å². The van der Waals surface area contributed by atoms with E-state index in [0.29, 0.717) is 28.0 Å². The van der Waals surface area contributed by atoms with Crippen LogP contribution in [-0.4, -0.2) is 29.4 Å². The Hall–Kier alpha value is -3.74. The Kier molecular flexibility index (Phi) is 6.16. The van der Waals surface area contributed by atoms with Gasteiger partial charge in [0.25, 0.3) is 0 Å². The van der Waals surface area contributed by atoms with Crippen molar-refractivity contribution in [1.82, 2.24) is 4.98 Å². The minimum Gasteiger partial charge on any atom is -0.462 e. The van der Waals surface area contributed by atoms with E-state index in [9.17, 15) is 14.4 Å². The molecule has 0 bridgehead atoms. The van der Waals surface area contributed by atoms with Crippen LogP contribution in [0, 0.1) is 12.8 Å². The Balaban J connectivity index is 1.51. The molecule has 0 aliphatic heterocycles. The predicted octanol–water partition coefficient (Wildman–Crippen LogP) is 4.43. The average Bonchev–Trinajstić information content (AvgIpc) is 3.64. The highest BCUT2D eigenvalue weighted by atomic mass is 16.5. The standard InChI is InChI=1S/C25H24N2O5/c1-3-31-25(30)22-15(2)19-6-4-5-7-20(19)27-21(22)14-32-24(29)17-10-12-18(13-11-17)26-23(28)16-8-9-16/h4-7,10-13,16H,3,8-9,14H2,1-2H3,(H,26,28). The van der Waals surface area contributed by atoms with Crippen molar-refractivity contribution < 1.29 is 23.9 Å². The molecule has 1 heterocycles. The third kappa shape index (κ3) is 4.61. The molecule has 0 atom stereocenters. The lowest BCUT2D eigenvalue weighted by atomic mass is 10.0. The summed E-state index contributed by atoms with van der Waals surface area (Å²) in [5.41, 5.74) is 3.08. The van der Waals surface area contributed by atoms with Crippen molar-refractivity contribution in [2.75, 3.05) is 11.9 Å². The first-order valence-electron chi connectivity index (χ1n) is 10.6. The Morgan fingerprint density at radius 2 is 1.72 bits per heavy atom. The molecule has 0 spiro atoms. The Labute approximate surface area is 185 Å². The second kappa shape index (κ2) is 9.18. The van der Waals surface area contributed by atoms with Crippen LogP contribution in [0.15, 0.2) is 48.5 Å². The number of pyridine rings is 1. The summed E-state index contributed by atoms with van der Waals surface area (Å²) in [5, 5.41) is 3.67. The number of fused-ring (bicyclic) bond motifs is 1. The number of para-hydroxylation sites is 1. The molecule has 7 heteroatoms. The van der Waals surface area contributed by atoms with Gasteiger partial charge in [-0.25, -0.2) is 14.6 Å². The summed E-state index contributed by atoms with van der Waals surface area (Å²) < 4.78 is 10.7. The minimum absolute atomic E-state index is 0.00423. The van der Waals surface area contributed by atoms with Gasteiger partial charge in [-0.05, 0) is 62.6 Å². The molecule has 1 aliphatic carbocycles. The molecule has 164 valence electrons. The fraction of sp³-hybridized carbons (Fsp3) is 0.280. The third-order valence-corrected chi connectivity index (χ3v) is 5.38. The molecule has 32 heavy (non-hydrogen) atoms. The normalized spacial score (nSPS) is 12.9. The number of anilines is 1. The van der Waals surface area contributed by atoms with Crippen molar-refractivity contribution in [2.45, 2.75) is 33.3 Å². The first-order valence-corrected chi connectivity index (χ1v) is 10.6. The van der Waals surface area contributed by atoms with Gasteiger partial charge in [0, 0.05) is 17.0 Å². The van der Waals surface area contributed by atoms with Gasteiger partial charge in [0.05, 0.1) is 28.9 Å². The maximum Gasteiger partial charge on any atom is 0.340 e. The summed E-state index contributed by atoms with van der Waals surface area (Å²) in [6.45, 7) is 3.63. The number of hydrogen-bond acceptors (Lipinski definition) is 6. The van der Waals surface area contributed by atoms with Crippen molar-refractivity contribution in [2.24, 2.45) is 5.92 Å². The monoisotopic (exact) mass is 432 g/mol. The SMILES string of the molecule is CCOC(=O)c1c(COC(=O)c2ccc(NC(=O)C3CC3)cc2)nc2ccccc2c1C. The van der Waals surface area contributed by atoms with E-state index in [2.05, 4.69) is 10.3 Å². The van der Waals surface area contributed by atoms with Gasteiger partial charge in [-0.15, -0.1) is 0 Å². The number of carbonyl (C=O) groups is 3. The van der Waals surface area contributed by atoms with Crippen LogP contribution in [-0.2, 0) is 20.9 Å². The van der Waals surface area contributed by atoms with Gasteiger partial charge in [0.15, 0.2) is 0 Å². The number of rotatable bonds is 7. The van der Waals surface area contributed by atoms with E-state index in [1.54, 1.807) is 31.2 Å².